The van der Waals surface area contributed by atoms with Gasteiger partial charge in [-0.3, -0.25) is 14.2 Å². The molecule has 0 unspecified atom stereocenters. The van der Waals surface area contributed by atoms with Crippen molar-refractivity contribution in [2.45, 2.75) is 19.0 Å². The fourth-order valence-corrected chi connectivity index (χ4v) is 4.73. The maximum absolute atomic E-state index is 13.6. The maximum Gasteiger partial charge on any atom is 0.302 e. The number of hydrogen-bond donors (Lipinski definition) is 1. The third-order valence-corrected chi connectivity index (χ3v) is 6.21. The first-order valence-corrected chi connectivity index (χ1v) is 11.6. The zero-order valence-electron chi connectivity index (χ0n) is 18.5. The highest BCUT2D eigenvalue weighted by Crippen LogP contribution is 2.29. The van der Waals surface area contributed by atoms with Gasteiger partial charge < -0.3 is 9.73 Å². The molecule has 0 fully saturated rings. The van der Waals surface area contributed by atoms with Gasteiger partial charge in [0.15, 0.2) is 5.16 Å². The Balaban J connectivity index is 1.59. The summed E-state index contributed by atoms with van der Waals surface area (Å²) in [5.74, 6) is -0.795. The van der Waals surface area contributed by atoms with E-state index in [2.05, 4.69) is 5.32 Å². The van der Waals surface area contributed by atoms with Crippen LogP contribution in [0.5, 0.6) is 0 Å². The molecule has 0 aliphatic heterocycles. The van der Waals surface area contributed by atoms with Crippen molar-refractivity contribution >= 4 is 45.4 Å². The van der Waals surface area contributed by atoms with E-state index in [9.17, 15) is 14.0 Å². The first-order valence-electron chi connectivity index (χ1n) is 10.6. The van der Waals surface area contributed by atoms with Gasteiger partial charge in [-0.25, -0.2) is 9.37 Å². The van der Waals surface area contributed by atoms with Crippen molar-refractivity contribution in [3.63, 3.8) is 0 Å². The molecule has 34 heavy (non-hydrogen) atoms. The summed E-state index contributed by atoms with van der Waals surface area (Å²) in [4.78, 5) is 30.9. The van der Waals surface area contributed by atoms with Crippen LogP contribution in [0.3, 0.4) is 0 Å². The second kappa shape index (κ2) is 8.79. The van der Waals surface area contributed by atoms with Crippen molar-refractivity contribution in [3.8, 4) is 5.69 Å². The Labute approximate surface area is 198 Å². The highest BCUT2D eigenvalue weighted by atomic mass is 32.2. The molecule has 0 atom stereocenters. The van der Waals surface area contributed by atoms with Gasteiger partial charge >= 0.3 is 5.56 Å². The van der Waals surface area contributed by atoms with Crippen LogP contribution in [0.15, 0.2) is 81.1 Å². The van der Waals surface area contributed by atoms with Gasteiger partial charge in [-0.2, -0.15) is 0 Å². The molecular formula is C26H20FN3O3S. The summed E-state index contributed by atoms with van der Waals surface area (Å²) in [6.45, 7) is 3.90. The van der Waals surface area contributed by atoms with Gasteiger partial charge in [-0.1, -0.05) is 36.0 Å². The summed E-state index contributed by atoms with van der Waals surface area (Å²) in [7, 11) is 0. The Kier molecular flexibility index (Phi) is 5.67. The molecule has 5 aromatic rings. The predicted molar refractivity (Wildman–Crippen MR) is 132 cm³/mol. The lowest BCUT2D eigenvalue weighted by atomic mass is 10.1. The molecule has 1 amide bonds. The van der Waals surface area contributed by atoms with Crippen LogP contribution in [0.25, 0.3) is 27.8 Å². The van der Waals surface area contributed by atoms with Crippen molar-refractivity contribution < 1.29 is 13.6 Å². The van der Waals surface area contributed by atoms with Gasteiger partial charge in [-0.05, 0) is 67.4 Å². The van der Waals surface area contributed by atoms with Crippen LogP contribution in [-0.4, -0.2) is 21.2 Å². The number of thioether (sulfide) groups is 1. The number of halogens is 1. The number of carbonyl (C=O) groups is 1. The van der Waals surface area contributed by atoms with Crippen LogP contribution in [0, 0.1) is 19.7 Å². The number of amides is 1. The number of aryl methyl sites for hydroxylation is 2. The highest BCUT2D eigenvalue weighted by molar-refractivity contribution is 7.99. The standard InChI is InChI=1S/C26H20FN3O3S/c1-15-10-16(2)12-19(11-15)30-25(32)24-23(20-8-3-4-9-21(20)33-24)29-26(30)34-14-22(31)28-18-7-5-6-17(27)13-18/h3-13H,14H2,1-2H3,(H,28,31). The van der Waals surface area contributed by atoms with Gasteiger partial charge in [0.2, 0.25) is 11.5 Å². The molecule has 2 heterocycles. The minimum Gasteiger partial charge on any atom is -0.448 e. The second-order valence-corrected chi connectivity index (χ2v) is 8.95. The average molecular weight is 474 g/mol. The van der Waals surface area contributed by atoms with Crippen molar-refractivity contribution in [1.29, 1.82) is 0 Å². The van der Waals surface area contributed by atoms with E-state index in [0.717, 1.165) is 28.3 Å². The van der Waals surface area contributed by atoms with Crippen LogP contribution < -0.4 is 10.9 Å². The number of aromatic nitrogens is 2. The molecule has 0 radical (unpaired) electrons. The van der Waals surface area contributed by atoms with E-state index < -0.39 is 5.82 Å². The largest absolute Gasteiger partial charge is 0.448 e. The molecular weight excluding hydrogens is 453 g/mol. The fraction of sp³-hybridized carbons (Fsp3) is 0.115. The lowest BCUT2D eigenvalue weighted by Crippen LogP contribution is -2.22. The average Bonchev–Trinajstić information content (AvgIpc) is 3.16. The molecule has 5 rings (SSSR count). The molecule has 0 aliphatic carbocycles. The van der Waals surface area contributed by atoms with E-state index in [1.54, 1.807) is 12.1 Å². The minimum atomic E-state index is -0.437. The molecule has 0 saturated carbocycles. The fourth-order valence-electron chi connectivity index (χ4n) is 3.92. The Hall–Kier alpha value is -3.91. The molecule has 0 bridgehead atoms. The predicted octanol–water partition coefficient (Wildman–Crippen LogP) is 5.62. The van der Waals surface area contributed by atoms with Gasteiger partial charge in [0.05, 0.1) is 11.4 Å². The number of benzene rings is 3. The number of carbonyl (C=O) groups excluding carboxylic acids is 1. The van der Waals surface area contributed by atoms with Gasteiger partial charge in [0.25, 0.3) is 0 Å². The first kappa shape index (κ1) is 21.9. The lowest BCUT2D eigenvalue weighted by molar-refractivity contribution is -0.113. The van der Waals surface area contributed by atoms with E-state index in [-0.39, 0.29) is 22.8 Å². The van der Waals surface area contributed by atoms with Gasteiger partial charge in [0, 0.05) is 11.1 Å². The maximum atomic E-state index is 13.6. The third-order valence-electron chi connectivity index (χ3n) is 5.27. The Bertz CT molecular complexity index is 1600. The summed E-state index contributed by atoms with van der Waals surface area (Å²) >= 11 is 1.13. The highest BCUT2D eigenvalue weighted by Gasteiger charge is 2.20. The van der Waals surface area contributed by atoms with Crippen LogP contribution in [0.4, 0.5) is 10.1 Å². The minimum absolute atomic E-state index is 0.0188. The summed E-state index contributed by atoms with van der Waals surface area (Å²) < 4.78 is 20.8. The Morgan fingerprint density at radius 1 is 1.06 bits per heavy atom. The molecule has 1 N–H and O–H groups in total. The Morgan fingerprint density at radius 3 is 2.59 bits per heavy atom. The van der Waals surface area contributed by atoms with E-state index >= 15 is 0 Å². The normalized spacial score (nSPS) is 11.3. The number of anilines is 1. The molecule has 170 valence electrons. The van der Waals surface area contributed by atoms with Gasteiger partial charge in [-0.15, -0.1) is 0 Å². The lowest BCUT2D eigenvalue weighted by Gasteiger charge is -2.13. The first-order chi connectivity index (χ1) is 16.4. The number of nitrogens with one attached hydrogen (secondary N) is 1. The number of para-hydroxylation sites is 1. The van der Waals surface area contributed by atoms with Crippen LogP contribution in [-0.2, 0) is 4.79 Å². The van der Waals surface area contributed by atoms with E-state index in [0.29, 0.717) is 27.6 Å². The summed E-state index contributed by atoms with van der Waals surface area (Å²) in [5.41, 5.74) is 3.83. The number of hydrogen-bond acceptors (Lipinski definition) is 5. The quantitative estimate of drug-likeness (QED) is 0.265. The number of fused-ring (bicyclic) bond motifs is 3. The molecule has 0 saturated heterocycles. The molecule has 2 aromatic heterocycles. The molecule has 8 heteroatoms. The third kappa shape index (κ3) is 4.20. The smallest absolute Gasteiger partial charge is 0.302 e. The molecule has 6 nitrogen and oxygen atoms in total. The second-order valence-electron chi connectivity index (χ2n) is 8.00. The summed E-state index contributed by atoms with van der Waals surface area (Å²) in [6.07, 6.45) is 0. The van der Waals surface area contributed by atoms with E-state index in [4.69, 9.17) is 9.40 Å². The SMILES string of the molecule is Cc1cc(C)cc(-n2c(SCC(=O)Nc3cccc(F)c3)nc3c(oc4ccccc43)c2=O)c1. The molecule has 3 aromatic carbocycles. The molecule has 0 aliphatic rings. The number of rotatable bonds is 5. The van der Waals surface area contributed by atoms with E-state index in [1.807, 2.05) is 50.2 Å². The van der Waals surface area contributed by atoms with Crippen molar-refractivity contribution in [3.05, 3.63) is 94.0 Å². The monoisotopic (exact) mass is 473 g/mol. The van der Waals surface area contributed by atoms with E-state index in [1.165, 1.54) is 22.8 Å². The Morgan fingerprint density at radius 2 is 1.82 bits per heavy atom. The number of nitrogens with zero attached hydrogens (tertiary/aromatic N) is 2. The number of furan rings is 1. The topological polar surface area (TPSA) is 77.1 Å². The summed E-state index contributed by atoms with van der Waals surface area (Å²) in [6, 6.07) is 18.8. The summed E-state index contributed by atoms with van der Waals surface area (Å²) in [5, 5.41) is 3.77. The molecule has 0 spiro atoms. The van der Waals surface area contributed by atoms with Crippen LogP contribution in [0.2, 0.25) is 0 Å². The van der Waals surface area contributed by atoms with Crippen molar-refractivity contribution in [2.75, 3.05) is 11.1 Å². The van der Waals surface area contributed by atoms with Crippen LogP contribution >= 0.6 is 11.8 Å². The zero-order valence-corrected chi connectivity index (χ0v) is 19.3. The van der Waals surface area contributed by atoms with Crippen molar-refractivity contribution in [1.82, 2.24) is 9.55 Å². The van der Waals surface area contributed by atoms with Crippen molar-refractivity contribution in [2.24, 2.45) is 0 Å². The van der Waals surface area contributed by atoms with Crippen LogP contribution in [0.1, 0.15) is 11.1 Å². The van der Waals surface area contributed by atoms with Gasteiger partial charge in [0.1, 0.15) is 16.9 Å². The zero-order chi connectivity index (χ0) is 23.8.